The molecule has 2 fully saturated rings. The minimum Gasteiger partial charge on any atom is -0.456 e. The van der Waals surface area contributed by atoms with Crippen LogP contribution in [0.2, 0.25) is 5.02 Å². The fourth-order valence-electron chi connectivity index (χ4n) is 3.81. The van der Waals surface area contributed by atoms with Crippen molar-refractivity contribution in [3.63, 3.8) is 0 Å². The molecule has 0 aliphatic carbocycles. The molecule has 0 saturated carbocycles. The molecule has 3 aromatic rings. The number of imidazole rings is 1. The molecule has 4 atom stereocenters. The van der Waals surface area contributed by atoms with Crippen LogP contribution < -0.4 is 10.1 Å². The summed E-state index contributed by atoms with van der Waals surface area (Å²) >= 11 is 6.31. The minimum atomic E-state index is -0.669. The van der Waals surface area contributed by atoms with Crippen molar-refractivity contribution in [3.05, 3.63) is 46.2 Å². The fourth-order valence-corrected chi connectivity index (χ4v) is 4.03. The van der Waals surface area contributed by atoms with E-state index in [0.29, 0.717) is 28.3 Å². The number of aromatic nitrogens is 3. The van der Waals surface area contributed by atoms with Crippen molar-refractivity contribution in [1.29, 1.82) is 0 Å². The van der Waals surface area contributed by atoms with Crippen molar-refractivity contribution in [2.24, 2.45) is 0 Å². The number of anilines is 1. The molecule has 0 spiro atoms. The summed E-state index contributed by atoms with van der Waals surface area (Å²) < 4.78 is 35.6. The summed E-state index contributed by atoms with van der Waals surface area (Å²) in [6, 6.07) is 6.13. The Kier molecular flexibility index (Phi) is 8.14. The van der Waals surface area contributed by atoms with Crippen LogP contribution in [0.5, 0.6) is 6.01 Å². The van der Waals surface area contributed by atoms with Gasteiger partial charge in [0, 0.05) is 31.4 Å². The Hall–Kier alpha value is -2.83. The lowest BCUT2D eigenvalue weighted by Gasteiger charge is -2.15. The molecule has 0 unspecified atom stereocenters. The number of nitrogens with zero attached hydrogens (tertiary/aromatic N) is 2. The van der Waals surface area contributed by atoms with Gasteiger partial charge in [-0.2, -0.15) is 4.98 Å². The lowest BCUT2D eigenvalue weighted by atomic mass is 10.1. The molecule has 1 aromatic carbocycles. The number of H-pyrrole nitrogens is 1. The van der Waals surface area contributed by atoms with Gasteiger partial charge >= 0.3 is 0 Å². The van der Waals surface area contributed by atoms with Crippen LogP contribution in [0.25, 0.3) is 11.2 Å². The number of carbonyl (C=O) groups is 1. The maximum Gasteiger partial charge on any atom is 0.296 e. The molecule has 12 heteroatoms. The smallest absolute Gasteiger partial charge is 0.296 e. The second-order valence-electron chi connectivity index (χ2n) is 7.91. The number of benzene rings is 1. The first-order valence-corrected chi connectivity index (χ1v) is 11.4. The summed E-state index contributed by atoms with van der Waals surface area (Å²) in [6.07, 6.45) is -1.27. The number of aromatic amines is 1. The van der Waals surface area contributed by atoms with E-state index in [1.165, 1.54) is 18.2 Å². The number of methoxy groups -OCH3 is 1. The molecular weight excluding hydrogens is 483 g/mol. The molecule has 0 radical (unpaired) electrons. The zero-order chi connectivity index (χ0) is 24.9. The zero-order valence-electron chi connectivity index (χ0n) is 19.2. The number of nitrogens with one attached hydrogen (secondary N) is 2. The molecule has 188 valence electrons. The first-order valence-electron chi connectivity index (χ1n) is 11.0. The van der Waals surface area contributed by atoms with Crippen molar-refractivity contribution in [1.82, 2.24) is 15.0 Å². The number of pyridine rings is 1. The largest absolute Gasteiger partial charge is 0.456 e. The third-order valence-electron chi connectivity index (χ3n) is 5.65. The predicted molar refractivity (Wildman–Crippen MR) is 125 cm³/mol. The third kappa shape index (κ3) is 5.54. The number of aliphatic hydroxyl groups excluding tert-OH is 1. The summed E-state index contributed by atoms with van der Waals surface area (Å²) in [7, 11) is 1.68. The van der Waals surface area contributed by atoms with Crippen molar-refractivity contribution in [2.75, 3.05) is 32.2 Å². The normalized spacial score (nSPS) is 23.0. The van der Waals surface area contributed by atoms with Gasteiger partial charge < -0.3 is 34.4 Å². The van der Waals surface area contributed by atoms with Gasteiger partial charge in [-0.1, -0.05) is 23.7 Å². The first kappa shape index (κ1) is 25.3. The average Bonchev–Trinajstić information content (AvgIpc) is 3.55. The number of carbonyl (C=O) groups excluding carboxylic acids is 1. The number of ether oxygens (including phenoxy) is 4. The lowest BCUT2D eigenvalue weighted by Crippen LogP contribution is -2.34. The highest BCUT2D eigenvalue weighted by Crippen LogP contribution is 2.31. The van der Waals surface area contributed by atoms with Gasteiger partial charge in [-0.3, -0.25) is 4.79 Å². The quantitative estimate of drug-likeness (QED) is 0.413. The standard InChI is InChI=1S/C20H18ClFN4O5.C3H8O/c21-11-4-13-19(25-18(11)23-5-10-9(6-27)2-1-3-12(10)22)26-20(24-13)31-15-8-30-16-14(28)7-29-17(15)16;1-3-4-2/h1-4,6,14-17,28H,5,7-8H2,(H2,23,24,25,26);3H2,1-2H3/t14-,15-,16-,17-;/m1./s1. The van der Waals surface area contributed by atoms with E-state index >= 15 is 0 Å². The Morgan fingerprint density at radius 1 is 1.31 bits per heavy atom. The molecule has 0 bridgehead atoms. The number of hydrogen-bond donors (Lipinski definition) is 3. The maximum absolute atomic E-state index is 14.1. The van der Waals surface area contributed by atoms with Crippen LogP contribution in [0.3, 0.4) is 0 Å². The summed E-state index contributed by atoms with van der Waals surface area (Å²) in [5, 5.41) is 13.1. The highest BCUT2D eigenvalue weighted by molar-refractivity contribution is 6.33. The van der Waals surface area contributed by atoms with Crippen LogP contribution in [-0.4, -0.2) is 77.7 Å². The Morgan fingerprint density at radius 3 is 2.83 bits per heavy atom. The maximum atomic E-state index is 14.1. The van der Waals surface area contributed by atoms with Gasteiger partial charge in [0.1, 0.15) is 29.9 Å². The molecule has 35 heavy (non-hydrogen) atoms. The van der Waals surface area contributed by atoms with E-state index in [9.17, 15) is 14.3 Å². The molecule has 5 rings (SSSR count). The van der Waals surface area contributed by atoms with Crippen LogP contribution in [0.15, 0.2) is 24.3 Å². The highest BCUT2D eigenvalue weighted by Gasteiger charge is 2.48. The van der Waals surface area contributed by atoms with E-state index in [1.54, 1.807) is 13.2 Å². The SMILES string of the molecule is CCOC.O=Cc1cccc(F)c1CNc1nc2nc(O[C@@H]3CO[C@H]4[C@@H]3OC[C@H]4O)[nH]c2cc1Cl. The van der Waals surface area contributed by atoms with Gasteiger partial charge in [0.05, 0.1) is 23.8 Å². The zero-order valence-corrected chi connectivity index (χ0v) is 19.9. The van der Waals surface area contributed by atoms with Crippen LogP contribution in [0.4, 0.5) is 10.2 Å². The van der Waals surface area contributed by atoms with E-state index in [1.807, 2.05) is 6.92 Å². The Labute approximate surface area is 205 Å². The molecule has 2 saturated heterocycles. The molecule has 2 aromatic heterocycles. The molecule has 0 amide bonds. The first-order chi connectivity index (χ1) is 16.9. The number of hydrogen-bond acceptors (Lipinski definition) is 9. The molecule has 3 N–H and O–H groups in total. The summed E-state index contributed by atoms with van der Waals surface area (Å²) in [5.74, 6) is -0.208. The number of rotatable bonds is 7. The predicted octanol–water partition coefficient (Wildman–Crippen LogP) is 2.73. The number of aliphatic hydroxyl groups is 1. The Balaban J connectivity index is 0.000000672. The fraction of sp³-hybridized carbons (Fsp3) is 0.435. The second kappa shape index (κ2) is 11.3. The van der Waals surface area contributed by atoms with Crippen molar-refractivity contribution < 1.29 is 33.2 Å². The number of fused-ring (bicyclic) bond motifs is 2. The van der Waals surface area contributed by atoms with Crippen molar-refractivity contribution in [3.8, 4) is 6.01 Å². The van der Waals surface area contributed by atoms with E-state index in [2.05, 4.69) is 25.0 Å². The van der Waals surface area contributed by atoms with Gasteiger partial charge in [-0.15, -0.1) is 0 Å². The molecular formula is C23H26ClFN4O6. The number of aldehydes is 1. The van der Waals surface area contributed by atoms with E-state index in [0.717, 1.165) is 6.61 Å². The van der Waals surface area contributed by atoms with E-state index in [4.69, 9.17) is 25.8 Å². The van der Waals surface area contributed by atoms with Crippen molar-refractivity contribution >= 4 is 34.9 Å². The Bertz CT molecular complexity index is 1180. The molecule has 10 nitrogen and oxygen atoms in total. The highest BCUT2D eigenvalue weighted by atomic mass is 35.5. The van der Waals surface area contributed by atoms with Crippen LogP contribution >= 0.6 is 11.6 Å². The van der Waals surface area contributed by atoms with Gasteiger partial charge in [0.15, 0.2) is 18.0 Å². The van der Waals surface area contributed by atoms with Gasteiger partial charge in [-0.25, -0.2) is 9.37 Å². The van der Waals surface area contributed by atoms with Gasteiger partial charge in [0.2, 0.25) is 0 Å². The Morgan fingerprint density at radius 2 is 2.09 bits per heavy atom. The topological polar surface area (TPSA) is 128 Å². The molecule has 2 aliphatic rings. The monoisotopic (exact) mass is 508 g/mol. The van der Waals surface area contributed by atoms with Gasteiger partial charge in [-0.05, 0) is 19.1 Å². The lowest BCUT2D eigenvalue weighted by molar-refractivity contribution is 0.00706. The van der Waals surface area contributed by atoms with Crippen LogP contribution in [0, 0.1) is 5.82 Å². The van der Waals surface area contributed by atoms with Crippen LogP contribution in [0.1, 0.15) is 22.8 Å². The van der Waals surface area contributed by atoms with E-state index in [-0.39, 0.29) is 43.0 Å². The summed E-state index contributed by atoms with van der Waals surface area (Å²) in [4.78, 5) is 22.9. The summed E-state index contributed by atoms with van der Waals surface area (Å²) in [6.45, 7) is 3.27. The molecule has 4 heterocycles. The molecule has 2 aliphatic heterocycles. The van der Waals surface area contributed by atoms with Crippen LogP contribution in [-0.2, 0) is 20.8 Å². The summed E-state index contributed by atoms with van der Waals surface area (Å²) in [5.41, 5.74) is 1.36. The van der Waals surface area contributed by atoms with Gasteiger partial charge in [0.25, 0.3) is 6.01 Å². The second-order valence-corrected chi connectivity index (χ2v) is 8.32. The van der Waals surface area contributed by atoms with E-state index < -0.39 is 24.1 Å². The third-order valence-corrected chi connectivity index (χ3v) is 5.94. The minimum absolute atomic E-state index is 0.0227. The number of halogens is 2. The van der Waals surface area contributed by atoms with Crippen molar-refractivity contribution in [2.45, 2.75) is 37.9 Å². The average molecular weight is 509 g/mol.